The second-order valence-electron chi connectivity index (χ2n) is 7.49. The van der Waals surface area contributed by atoms with Crippen molar-refractivity contribution in [3.05, 3.63) is 46.8 Å². The number of carbonyl (C=O) groups is 1. The molecular formula is C19H22F2N4O. The summed E-state index contributed by atoms with van der Waals surface area (Å²) in [7, 11) is 0. The zero-order valence-corrected chi connectivity index (χ0v) is 14.7. The van der Waals surface area contributed by atoms with Crippen LogP contribution in [0.4, 0.5) is 8.78 Å². The van der Waals surface area contributed by atoms with E-state index in [1.54, 1.807) is 4.68 Å². The van der Waals surface area contributed by atoms with Crippen molar-refractivity contribution in [2.75, 3.05) is 6.54 Å². The van der Waals surface area contributed by atoms with Gasteiger partial charge in [0.2, 0.25) is 0 Å². The van der Waals surface area contributed by atoms with E-state index in [0.29, 0.717) is 23.8 Å². The molecule has 0 bridgehead atoms. The first-order chi connectivity index (χ1) is 12.4. The number of nitrogens with two attached hydrogens (primary N) is 1. The summed E-state index contributed by atoms with van der Waals surface area (Å²) in [6.45, 7) is 2.34. The van der Waals surface area contributed by atoms with Crippen molar-refractivity contribution in [1.82, 2.24) is 15.1 Å². The van der Waals surface area contributed by atoms with Gasteiger partial charge in [0.15, 0.2) is 17.3 Å². The number of benzene rings is 1. The molecular weight excluding hydrogens is 338 g/mol. The minimum Gasteiger partial charge on any atom is -0.344 e. The largest absolute Gasteiger partial charge is 0.344 e. The van der Waals surface area contributed by atoms with Gasteiger partial charge in [-0.1, -0.05) is 0 Å². The van der Waals surface area contributed by atoms with Gasteiger partial charge in [-0.05, 0) is 57.1 Å². The molecule has 138 valence electrons. The van der Waals surface area contributed by atoms with Crippen LogP contribution >= 0.6 is 0 Å². The van der Waals surface area contributed by atoms with E-state index >= 15 is 0 Å². The van der Waals surface area contributed by atoms with Crippen molar-refractivity contribution >= 4 is 5.91 Å². The van der Waals surface area contributed by atoms with Crippen molar-refractivity contribution < 1.29 is 13.6 Å². The summed E-state index contributed by atoms with van der Waals surface area (Å²) in [6, 6.07) is 3.66. The maximum Gasteiger partial charge on any atom is 0.272 e. The number of rotatable bonds is 5. The quantitative estimate of drug-likeness (QED) is 0.860. The van der Waals surface area contributed by atoms with Gasteiger partial charge in [-0.25, -0.2) is 13.5 Å². The van der Waals surface area contributed by atoms with Crippen LogP contribution < -0.4 is 11.1 Å². The molecule has 1 aromatic heterocycles. The van der Waals surface area contributed by atoms with Crippen LogP contribution in [-0.4, -0.2) is 27.8 Å². The zero-order chi connectivity index (χ0) is 18.5. The smallest absolute Gasteiger partial charge is 0.272 e. The van der Waals surface area contributed by atoms with Gasteiger partial charge in [-0.2, -0.15) is 5.10 Å². The number of nitrogens with zero attached hydrogens (tertiary/aromatic N) is 2. The Labute approximate surface area is 150 Å². The van der Waals surface area contributed by atoms with E-state index in [4.69, 9.17) is 5.73 Å². The van der Waals surface area contributed by atoms with Gasteiger partial charge in [-0.3, -0.25) is 4.79 Å². The number of fused-ring (bicyclic) bond motifs is 1. The average Bonchev–Trinajstić information content (AvgIpc) is 3.27. The molecule has 1 unspecified atom stereocenters. The molecule has 3 N–H and O–H groups in total. The highest BCUT2D eigenvalue weighted by Crippen LogP contribution is 2.39. The standard InChI is InChI=1S/C19H22F2N4O/c1-19(10-22,11-5-6-11)23-18(26)17-13-3-2-4-16(13)25(24-17)12-7-8-14(20)15(21)9-12/h7-9,11H,2-6,10,22H2,1H3,(H,23,26). The molecule has 7 heteroatoms. The SMILES string of the molecule is CC(CN)(NC(=O)c1nn(-c2ccc(F)c(F)c2)c2c1CCC2)C1CC1. The highest BCUT2D eigenvalue weighted by molar-refractivity contribution is 5.95. The van der Waals surface area contributed by atoms with Crippen molar-refractivity contribution in [2.24, 2.45) is 11.7 Å². The van der Waals surface area contributed by atoms with Gasteiger partial charge in [0.25, 0.3) is 5.91 Å². The number of hydrogen-bond donors (Lipinski definition) is 2. The fourth-order valence-corrected chi connectivity index (χ4v) is 3.81. The number of amides is 1. The van der Waals surface area contributed by atoms with Gasteiger partial charge in [0.1, 0.15) is 0 Å². The predicted molar refractivity (Wildman–Crippen MR) is 93.2 cm³/mol. The Balaban J connectivity index is 1.69. The van der Waals surface area contributed by atoms with Gasteiger partial charge >= 0.3 is 0 Å². The number of hydrogen-bond acceptors (Lipinski definition) is 3. The Bertz CT molecular complexity index is 875. The lowest BCUT2D eigenvalue weighted by Crippen LogP contribution is -2.53. The van der Waals surface area contributed by atoms with Gasteiger partial charge < -0.3 is 11.1 Å². The van der Waals surface area contributed by atoms with Gasteiger partial charge in [0, 0.05) is 23.9 Å². The summed E-state index contributed by atoms with van der Waals surface area (Å²) in [4.78, 5) is 12.9. The van der Waals surface area contributed by atoms with Crippen LogP contribution in [0, 0.1) is 17.6 Å². The second kappa shape index (κ2) is 6.16. The second-order valence-corrected chi connectivity index (χ2v) is 7.49. The fourth-order valence-electron chi connectivity index (χ4n) is 3.81. The maximum absolute atomic E-state index is 13.6. The van der Waals surface area contributed by atoms with Crippen molar-refractivity contribution in [3.8, 4) is 5.69 Å². The Morgan fingerprint density at radius 3 is 2.77 bits per heavy atom. The Hall–Kier alpha value is -2.28. The molecule has 4 rings (SSSR count). The summed E-state index contributed by atoms with van der Waals surface area (Å²) < 4.78 is 28.5. The zero-order valence-electron chi connectivity index (χ0n) is 14.7. The first-order valence-electron chi connectivity index (χ1n) is 9.02. The van der Waals surface area contributed by atoms with E-state index in [-0.39, 0.29) is 5.91 Å². The minimum atomic E-state index is -0.930. The van der Waals surface area contributed by atoms with E-state index in [2.05, 4.69) is 10.4 Å². The lowest BCUT2D eigenvalue weighted by Gasteiger charge is -2.29. The molecule has 1 fully saturated rings. The first kappa shape index (κ1) is 17.1. The number of aromatic nitrogens is 2. The van der Waals surface area contributed by atoms with Crippen LogP contribution in [0.2, 0.25) is 0 Å². The van der Waals surface area contributed by atoms with E-state index in [1.165, 1.54) is 6.07 Å². The predicted octanol–water partition coefficient (Wildman–Crippen LogP) is 2.50. The molecule has 0 spiro atoms. The van der Waals surface area contributed by atoms with Crippen LogP contribution in [0.25, 0.3) is 5.69 Å². The summed E-state index contributed by atoms with van der Waals surface area (Å²) >= 11 is 0. The molecule has 2 aliphatic rings. The third-order valence-electron chi connectivity index (χ3n) is 5.59. The van der Waals surface area contributed by atoms with Crippen LogP contribution in [0.15, 0.2) is 18.2 Å². The normalized spacial score (nSPS) is 18.5. The lowest BCUT2D eigenvalue weighted by atomic mass is 9.95. The van der Waals surface area contributed by atoms with E-state index in [1.807, 2.05) is 6.92 Å². The van der Waals surface area contributed by atoms with Crippen LogP contribution in [0.5, 0.6) is 0 Å². The minimum absolute atomic E-state index is 0.246. The van der Waals surface area contributed by atoms with E-state index in [9.17, 15) is 13.6 Å². The molecule has 0 saturated heterocycles. The molecule has 26 heavy (non-hydrogen) atoms. The summed E-state index contributed by atoms with van der Waals surface area (Å²) in [5.41, 5.74) is 8.03. The summed E-state index contributed by atoms with van der Waals surface area (Å²) in [5, 5.41) is 7.51. The third kappa shape index (κ3) is 2.80. The van der Waals surface area contributed by atoms with Crippen molar-refractivity contribution in [3.63, 3.8) is 0 Å². The highest BCUT2D eigenvalue weighted by atomic mass is 19.2. The van der Waals surface area contributed by atoms with Crippen molar-refractivity contribution in [1.29, 1.82) is 0 Å². The topological polar surface area (TPSA) is 72.9 Å². The van der Waals surface area contributed by atoms with Gasteiger partial charge in [0.05, 0.1) is 11.2 Å². The number of nitrogens with one attached hydrogen (secondary N) is 1. The molecule has 2 aliphatic carbocycles. The molecule has 0 radical (unpaired) electrons. The molecule has 5 nitrogen and oxygen atoms in total. The first-order valence-corrected chi connectivity index (χ1v) is 9.02. The average molecular weight is 360 g/mol. The molecule has 2 aromatic rings. The Morgan fingerprint density at radius 2 is 2.12 bits per heavy atom. The fraction of sp³-hybridized carbons (Fsp3) is 0.474. The molecule has 0 aliphatic heterocycles. The number of carbonyl (C=O) groups excluding carboxylic acids is 1. The Morgan fingerprint density at radius 1 is 1.35 bits per heavy atom. The maximum atomic E-state index is 13.6. The summed E-state index contributed by atoms with van der Waals surface area (Å²) in [5.74, 6) is -1.68. The number of halogens is 2. The van der Waals surface area contributed by atoms with Crippen LogP contribution in [0.1, 0.15) is 47.9 Å². The molecule has 1 aromatic carbocycles. The lowest BCUT2D eigenvalue weighted by molar-refractivity contribution is 0.0891. The van der Waals surface area contributed by atoms with Crippen LogP contribution in [-0.2, 0) is 12.8 Å². The monoisotopic (exact) mass is 360 g/mol. The molecule has 1 heterocycles. The molecule has 1 saturated carbocycles. The van der Waals surface area contributed by atoms with Crippen molar-refractivity contribution in [2.45, 2.75) is 44.6 Å². The third-order valence-corrected chi connectivity index (χ3v) is 5.59. The molecule has 1 atom stereocenters. The highest BCUT2D eigenvalue weighted by Gasteiger charge is 2.42. The van der Waals surface area contributed by atoms with E-state index in [0.717, 1.165) is 55.5 Å². The van der Waals surface area contributed by atoms with Crippen LogP contribution in [0.3, 0.4) is 0 Å². The Kier molecular flexibility index (Phi) is 4.06. The van der Waals surface area contributed by atoms with E-state index < -0.39 is 17.2 Å². The van der Waals surface area contributed by atoms with Gasteiger partial charge in [-0.15, -0.1) is 0 Å². The summed E-state index contributed by atoms with van der Waals surface area (Å²) in [6.07, 6.45) is 4.55. The molecule has 1 amide bonds.